The second-order valence-corrected chi connectivity index (χ2v) is 8.70. The van der Waals surface area contributed by atoms with Gasteiger partial charge in [-0.25, -0.2) is 9.69 Å². The third-order valence-corrected chi connectivity index (χ3v) is 5.88. The summed E-state index contributed by atoms with van der Waals surface area (Å²) in [6.45, 7) is 4.02. The molecule has 34 heavy (non-hydrogen) atoms. The highest BCUT2D eigenvalue weighted by molar-refractivity contribution is 6.39. The number of barbiturate groups is 1. The molecule has 0 spiro atoms. The minimum atomic E-state index is -0.807. The van der Waals surface area contributed by atoms with Crippen LogP contribution in [0.3, 0.4) is 0 Å². The predicted molar refractivity (Wildman–Crippen MR) is 132 cm³/mol. The molecule has 1 N–H and O–H groups in total. The molecule has 1 fully saturated rings. The molecule has 0 aliphatic carbocycles. The van der Waals surface area contributed by atoms with Crippen molar-refractivity contribution in [1.82, 2.24) is 5.32 Å². The molecule has 1 saturated heterocycles. The van der Waals surface area contributed by atoms with Gasteiger partial charge in [0.25, 0.3) is 11.8 Å². The number of anilines is 1. The fourth-order valence-electron chi connectivity index (χ4n) is 3.46. The number of aryl methyl sites for hydroxylation is 2. The summed E-state index contributed by atoms with van der Waals surface area (Å²) in [5.41, 5.74) is 3.34. The van der Waals surface area contributed by atoms with Gasteiger partial charge in [-0.3, -0.25) is 14.9 Å². The summed E-state index contributed by atoms with van der Waals surface area (Å²) < 4.78 is 5.92. The number of nitrogens with zero attached hydrogens (tertiary/aromatic N) is 1. The van der Waals surface area contributed by atoms with E-state index in [0.717, 1.165) is 21.6 Å². The predicted octanol–water partition coefficient (Wildman–Crippen LogP) is 5.86. The van der Waals surface area contributed by atoms with E-state index in [-0.39, 0.29) is 12.2 Å². The Morgan fingerprint density at radius 2 is 1.68 bits per heavy atom. The summed E-state index contributed by atoms with van der Waals surface area (Å²) in [7, 11) is 0. The fourth-order valence-corrected chi connectivity index (χ4v) is 3.86. The van der Waals surface area contributed by atoms with E-state index in [9.17, 15) is 14.4 Å². The number of carbonyl (C=O) groups is 3. The molecule has 0 aromatic heterocycles. The molecule has 3 aromatic rings. The number of imide groups is 2. The third-order valence-electron chi connectivity index (χ3n) is 5.41. The van der Waals surface area contributed by atoms with Crippen molar-refractivity contribution in [2.75, 3.05) is 4.90 Å². The van der Waals surface area contributed by atoms with Crippen molar-refractivity contribution in [2.45, 2.75) is 20.5 Å². The Morgan fingerprint density at radius 3 is 2.41 bits per heavy atom. The summed E-state index contributed by atoms with van der Waals surface area (Å²) in [5.74, 6) is -1.12. The van der Waals surface area contributed by atoms with Gasteiger partial charge in [0, 0.05) is 15.6 Å². The standard InChI is InChI=1S/C26H20Cl2N2O4/c1-15-6-8-21(10-16(15)2)30-25(32)22(24(31)29-26(30)33)13-18-12-20(28)7-9-23(18)34-14-17-4-3-5-19(27)11-17/h3-13H,14H2,1-2H3,(H,29,31,33)/b22-13+. The summed E-state index contributed by atoms with van der Waals surface area (Å²) in [6.07, 6.45) is 1.37. The van der Waals surface area contributed by atoms with Crippen LogP contribution in [0.5, 0.6) is 5.75 Å². The topological polar surface area (TPSA) is 75.7 Å². The normalized spacial score (nSPS) is 15.0. The van der Waals surface area contributed by atoms with Gasteiger partial charge in [-0.2, -0.15) is 0 Å². The molecule has 4 amide bonds. The zero-order valence-electron chi connectivity index (χ0n) is 18.4. The first kappa shape index (κ1) is 23.5. The number of hydrogen-bond donors (Lipinski definition) is 1. The first-order chi connectivity index (χ1) is 16.2. The molecular formula is C26H20Cl2N2O4. The molecule has 0 unspecified atom stereocenters. The Hall–Kier alpha value is -3.61. The van der Waals surface area contributed by atoms with Crippen LogP contribution in [0.15, 0.2) is 66.2 Å². The average molecular weight is 495 g/mol. The third kappa shape index (κ3) is 4.98. The van der Waals surface area contributed by atoms with E-state index in [0.29, 0.717) is 27.0 Å². The maximum absolute atomic E-state index is 13.2. The summed E-state index contributed by atoms with van der Waals surface area (Å²) in [4.78, 5) is 39.3. The molecule has 0 radical (unpaired) electrons. The number of amides is 4. The number of benzene rings is 3. The van der Waals surface area contributed by atoms with Crippen molar-refractivity contribution in [2.24, 2.45) is 0 Å². The van der Waals surface area contributed by atoms with Gasteiger partial charge in [-0.1, -0.05) is 41.4 Å². The number of nitrogens with one attached hydrogen (secondary N) is 1. The van der Waals surface area contributed by atoms with Gasteiger partial charge in [0.15, 0.2) is 0 Å². The smallest absolute Gasteiger partial charge is 0.335 e. The van der Waals surface area contributed by atoms with Crippen LogP contribution >= 0.6 is 23.2 Å². The first-order valence-corrected chi connectivity index (χ1v) is 11.1. The van der Waals surface area contributed by atoms with Crippen molar-refractivity contribution in [1.29, 1.82) is 0 Å². The van der Waals surface area contributed by atoms with Crippen molar-refractivity contribution < 1.29 is 19.1 Å². The number of halogens is 2. The lowest BCUT2D eigenvalue weighted by atomic mass is 10.0. The highest BCUT2D eigenvalue weighted by Crippen LogP contribution is 2.29. The molecule has 0 saturated carbocycles. The monoisotopic (exact) mass is 494 g/mol. The van der Waals surface area contributed by atoms with Crippen molar-refractivity contribution in [3.63, 3.8) is 0 Å². The molecule has 6 nitrogen and oxygen atoms in total. The first-order valence-electron chi connectivity index (χ1n) is 10.4. The minimum Gasteiger partial charge on any atom is -0.488 e. The zero-order chi connectivity index (χ0) is 24.4. The molecule has 1 heterocycles. The molecular weight excluding hydrogens is 475 g/mol. The number of ether oxygens (including phenoxy) is 1. The van der Waals surface area contributed by atoms with Gasteiger partial charge >= 0.3 is 6.03 Å². The van der Waals surface area contributed by atoms with Gasteiger partial charge in [0.05, 0.1) is 5.69 Å². The average Bonchev–Trinajstić information content (AvgIpc) is 2.78. The summed E-state index contributed by atoms with van der Waals surface area (Å²) >= 11 is 12.2. The minimum absolute atomic E-state index is 0.214. The van der Waals surface area contributed by atoms with E-state index in [2.05, 4.69) is 5.32 Å². The van der Waals surface area contributed by atoms with Crippen LogP contribution in [0.2, 0.25) is 10.0 Å². The SMILES string of the molecule is Cc1ccc(N2C(=O)NC(=O)/C(=C\c3cc(Cl)ccc3OCc3cccc(Cl)c3)C2=O)cc1C. The van der Waals surface area contributed by atoms with E-state index < -0.39 is 17.8 Å². The molecule has 1 aliphatic heterocycles. The van der Waals surface area contributed by atoms with E-state index >= 15 is 0 Å². The second kappa shape index (κ2) is 9.71. The van der Waals surface area contributed by atoms with Crippen molar-refractivity contribution in [3.8, 4) is 5.75 Å². The molecule has 8 heteroatoms. The Bertz CT molecular complexity index is 1350. The van der Waals surface area contributed by atoms with Crippen LogP contribution in [0.1, 0.15) is 22.3 Å². The van der Waals surface area contributed by atoms with E-state index in [1.807, 2.05) is 32.0 Å². The lowest BCUT2D eigenvalue weighted by molar-refractivity contribution is -0.122. The molecule has 0 bridgehead atoms. The Labute approximate surface area is 206 Å². The molecule has 172 valence electrons. The van der Waals surface area contributed by atoms with Crippen LogP contribution in [0, 0.1) is 13.8 Å². The quantitative estimate of drug-likeness (QED) is 0.356. The molecule has 0 atom stereocenters. The lowest BCUT2D eigenvalue weighted by Gasteiger charge is -2.27. The van der Waals surface area contributed by atoms with Crippen LogP contribution < -0.4 is 15.0 Å². The number of rotatable bonds is 5. The lowest BCUT2D eigenvalue weighted by Crippen LogP contribution is -2.54. The summed E-state index contributed by atoms with van der Waals surface area (Å²) in [5, 5.41) is 3.21. The van der Waals surface area contributed by atoms with Crippen LogP contribution in [-0.2, 0) is 16.2 Å². The zero-order valence-corrected chi connectivity index (χ0v) is 19.9. The largest absolute Gasteiger partial charge is 0.488 e. The van der Waals surface area contributed by atoms with E-state index in [4.69, 9.17) is 27.9 Å². The van der Waals surface area contributed by atoms with Crippen molar-refractivity contribution in [3.05, 3.63) is 98.5 Å². The van der Waals surface area contributed by atoms with Gasteiger partial charge in [-0.05, 0) is 79.1 Å². The van der Waals surface area contributed by atoms with E-state index in [1.54, 1.807) is 42.5 Å². The maximum atomic E-state index is 13.2. The molecule has 4 rings (SSSR count). The Balaban J connectivity index is 1.68. The second-order valence-electron chi connectivity index (χ2n) is 7.83. The Morgan fingerprint density at radius 1 is 0.912 bits per heavy atom. The number of urea groups is 1. The highest BCUT2D eigenvalue weighted by atomic mass is 35.5. The van der Waals surface area contributed by atoms with Gasteiger partial charge in [0.1, 0.15) is 17.9 Å². The molecule has 3 aromatic carbocycles. The summed E-state index contributed by atoms with van der Waals surface area (Å²) in [6, 6.07) is 16.5. The fraction of sp³-hybridized carbons (Fsp3) is 0.115. The number of hydrogen-bond acceptors (Lipinski definition) is 4. The van der Waals surface area contributed by atoms with Gasteiger partial charge in [0.2, 0.25) is 0 Å². The van der Waals surface area contributed by atoms with Crippen molar-refractivity contribution >= 4 is 52.8 Å². The van der Waals surface area contributed by atoms with Gasteiger partial charge < -0.3 is 4.74 Å². The van der Waals surface area contributed by atoms with Crippen LogP contribution in [0.25, 0.3) is 6.08 Å². The molecule has 1 aliphatic rings. The van der Waals surface area contributed by atoms with E-state index in [1.165, 1.54) is 6.08 Å². The van der Waals surface area contributed by atoms with Crippen LogP contribution in [0.4, 0.5) is 10.5 Å². The Kier molecular flexibility index (Phi) is 6.72. The van der Waals surface area contributed by atoms with Crippen LogP contribution in [-0.4, -0.2) is 17.8 Å². The number of carbonyl (C=O) groups excluding carboxylic acids is 3. The highest BCUT2D eigenvalue weighted by Gasteiger charge is 2.37. The maximum Gasteiger partial charge on any atom is 0.335 e. The van der Waals surface area contributed by atoms with Gasteiger partial charge in [-0.15, -0.1) is 0 Å².